The standard InChI is InChI=1S/C13H28N2O.ClH/c1-5-11(6-2)9-12(16)15-10-13(14,7-3)8-4;/h11H,5-10,14H2,1-4H3,(H,15,16);1H. The van der Waals surface area contributed by atoms with Crippen LogP contribution < -0.4 is 11.1 Å². The van der Waals surface area contributed by atoms with Crippen molar-refractivity contribution in [1.82, 2.24) is 5.32 Å². The average Bonchev–Trinajstić information content (AvgIpc) is 2.33. The zero-order chi connectivity index (χ0) is 12.6. The van der Waals surface area contributed by atoms with E-state index in [0.29, 0.717) is 18.9 Å². The van der Waals surface area contributed by atoms with Crippen LogP contribution >= 0.6 is 12.4 Å². The molecule has 0 spiro atoms. The van der Waals surface area contributed by atoms with Crippen molar-refractivity contribution in [2.75, 3.05) is 6.54 Å². The molecule has 0 aromatic heterocycles. The smallest absolute Gasteiger partial charge is 0.220 e. The van der Waals surface area contributed by atoms with Gasteiger partial charge in [0.2, 0.25) is 5.91 Å². The number of hydrogen-bond acceptors (Lipinski definition) is 2. The lowest BCUT2D eigenvalue weighted by Gasteiger charge is -2.27. The molecular weight excluding hydrogens is 236 g/mol. The highest BCUT2D eigenvalue weighted by atomic mass is 35.5. The fraction of sp³-hybridized carbons (Fsp3) is 0.923. The molecule has 0 bridgehead atoms. The van der Waals surface area contributed by atoms with Crippen molar-refractivity contribution >= 4 is 18.3 Å². The van der Waals surface area contributed by atoms with Crippen LogP contribution in [0, 0.1) is 5.92 Å². The molecule has 4 heteroatoms. The van der Waals surface area contributed by atoms with Gasteiger partial charge in [-0.15, -0.1) is 12.4 Å². The molecule has 0 radical (unpaired) electrons. The molecule has 0 fully saturated rings. The Morgan fingerprint density at radius 1 is 1.18 bits per heavy atom. The lowest BCUT2D eigenvalue weighted by Crippen LogP contribution is -2.49. The Morgan fingerprint density at radius 2 is 1.65 bits per heavy atom. The van der Waals surface area contributed by atoms with Gasteiger partial charge < -0.3 is 11.1 Å². The second-order valence-corrected chi connectivity index (χ2v) is 4.73. The Labute approximate surface area is 112 Å². The number of carbonyl (C=O) groups is 1. The first kappa shape index (κ1) is 19.1. The summed E-state index contributed by atoms with van der Waals surface area (Å²) in [7, 11) is 0. The molecule has 0 saturated carbocycles. The molecule has 17 heavy (non-hydrogen) atoms. The third kappa shape index (κ3) is 7.61. The SMILES string of the molecule is CCC(CC)CC(=O)NCC(N)(CC)CC.Cl. The van der Waals surface area contributed by atoms with E-state index in [0.717, 1.165) is 25.7 Å². The van der Waals surface area contributed by atoms with Gasteiger partial charge in [-0.25, -0.2) is 0 Å². The van der Waals surface area contributed by atoms with E-state index in [1.165, 1.54) is 0 Å². The van der Waals surface area contributed by atoms with Gasteiger partial charge in [-0.2, -0.15) is 0 Å². The fourth-order valence-electron chi connectivity index (χ4n) is 1.69. The molecule has 0 aliphatic heterocycles. The summed E-state index contributed by atoms with van der Waals surface area (Å²) >= 11 is 0. The predicted octanol–water partition coefficient (Wildman–Crippen LogP) is 2.87. The first-order valence-corrected chi connectivity index (χ1v) is 6.56. The molecule has 0 aliphatic rings. The largest absolute Gasteiger partial charge is 0.354 e. The predicted molar refractivity (Wildman–Crippen MR) is 76.4 cm³/mol. The van der Waals surface area contributed by atoms with Gasteiger partial charge in [0.25, 0.3) is 0 Å². The van der Waals surface area contributed by atoms with Crippen molar-refractivity contribution < 1.29 is 4.79 Å². The highest BCUT2D eigenvalue weighted by Gasteiger charge is 2.21. The highest BCUT2D eigenvalue weighted by molar-refractivity contribution is 5.85. The van der Waals surface area contributed by atoms with E-state index in [1.54, 1.807) is 0 Å². The summed E-state index contributed by atoms with van der Waals surface area (Å²) in [5, 5.41) is 2.96. The van der Waals surface area contributed by atoms with Crippen LogP contribution in [0.4, 0.5) is 0 Å². The van der Waals surface area contributed by atoms with E-state index in [4.69, 9.17) is 5.73 Å². The third-order valence-corrected chi connectivity index (χ3v) is 3.67. The molecule has 0 unspecified atom stereocenters. The maximum absolute atomic E-state index is 11.7. The van der Waals surface area contributed by atoms with Gasteiger partial charge in [0.05, 0.1) is 0 Å². The molecule has 1 amide bonds. The maximum Gasteiger partial charge on any atom is 0.220 e. The van der Waals surface area contributed by atoms with Crippen LogP contribution in [0.1, 0.15) is 59.8 Å². The minimum Gasteiger partial charge on any atom is -0.354 e. The van der Waals surface area contributed by atoms with Crippen molar-refractivity contribution in [3.05, 3.63) is 0 Å². The summed E-state index contributed by atoms with van der Waals surface area (Å²) in [5.74, 6) is 0.654. The minimum atomic E-state index is -0.233. The minimum absolute atomic E-state index is 0. The van der Waals surface area contributed by atoms with Crippen LogP contribution in [0.15, 0.2) is 0 Å². The van der Waals surface area contributed by atoms with Gasteiger partial charge in [-0.1, -0.05) is 40.5 Å². The topological polar surface area (TPSA) is 55.1 Å². The number of nitrogens with two attached hydrogens (primary N) is 1. The summed E-state index contributed by atoms with van der Waals surface area (Å²) in [6.45, 7) is 8.99. The van der Waals surface area contributed by atoms with E-state index < -0.39 is 0 Å². The molecule has 3 nitrogen and oxygen atoms in total. The molecule has 0 aromatic rings. The molecular formula is C13H29ClN2O. The summed E-state index contributed by atoms with van der Waals surface area (Å²) in [6.07, 6.45) is 4.57. The molecule has 0 aromatic carbocycles. The fourth-order valence-corrected chi connectivity index (χ4v) is 1.69. The third-order valence-electron chi connectivity index (χ3n) is 3.67. The lowest BCUT2D eigenvalue weighted by molar-refractivity contribution is -0.122. The van der Waals surface area contributed by atoms with Crippen molar-refractivity contribution in [2.24, 2.45) is 11.7 Å². The van der Waals surface area contributed by atoms with Crippen LogP contribution in [0.5, 0.6) is 0 Å². The summed E-state index contributed by atoms with van der Waals surface area (Å²) in [5.41, 5.74) is 5.89. The molecule has 0 aliphatic carbocycles. The Bertz CT molecular complexity index is 202. The Morgan fingerprint density at radius 3 is 2.00 bits per heavy atom. The Balaban J connectivity index is 0. The summed E-state index contributed by atoms with van der Waals surface area (Å²) < 4.78 is 0. The number of carbonyl (C=O) groups excluding carboxylic acids is 1. The van der Waals surface area contributed by atoms with Crippen LogP contribution in [-0.4, -0.2) is 18.0 Å². The van der Waals surface area contributed by atoms with Gasteiger partial charge in [-0.3, -0.25) is 4.79 Å². The van der Waals surface area contributed by atoms with Gasteiger partial charge in [0, 0.05) is 18.5 Å². The zero-order valence-electron chi connectivity index (χ0n) is 11.7. The van der Waals surface area contributed by atoms with E-state index >= 15 is 0 Å². The average molecular weight is 265 g/mol. The van der Waals surface area contributed by atoms with Crippen LogP contribution in [0.3, 0.4) is 0 Å². The van der Waals surface area contributed by atoms with E-state index in [2.05, 4.69) is 33.0 Å². The van der Waals surface area contributed by atoms with Gasteiger partial charge in [0.1, 0.15) is 0 Å². The number of amides is 1. The zero-order valence-corrected chi connectivity index (χ0v) is 12.5. The Hall–Kier alpha value is -0.280. The van der Waals surface area contributed by atoms with Crippen LogP contribution in [0.25, 0.3) is 0 Å². The van der Waals surface area contributed by atoms with Crippen molar-refractivity contribution in [3.8, 4) is 0 Å². The van der Waals surface area contributed by atoms with Crippen LogP contribution in [0.2, 0.25) is 0 Å². The van der Waals surface area contributed by atoms with E-state index in [1.807, 2.05) is 0 Å². The number of nitrogens with one attached hydrogen (secondary N) is 1. The molecule has 0 heterocycles. The van der Waals surface area contributed by atoms with Crippen molar-refractivity contribution in [2.45, 2.75) is 65.3 Å². The van der Waals surface area contributed by atoms with Gasteiger partial charge in [-0.05, 0) is 18.8 Å². The molecule has 0 atom stereocenters. The van der Waals surface area contributed by atoms with Crippen LogP contribution in [-0.2, 0) is 4.79 Å². The molecule has 3 N–H and O–H groups in total. The number of hydrogen-bond donors (Lipinski definition) is 2. The molecule has 0 rings (SSSR count). The summed E-state index contributed by atoms with van der Waals surface area (Å²) in [6, 6.07) is 0. The van der Waals surface area contributed by atoms with E-state index in [9.17, 15) is 4.79 Å². The summed E-state index contributed by atoms with van der Waals surface area (Å²) in [4.78, 5) is 11.7. The quantitative estimate of drug-likeness (QED) is 0.708. The monoisotopic (exact) mass is 264 g/mol. The molecule has 104 valence electrons. The molecule has 0 saturated heterocycles. The first-order valence-electron chi connectivity index (χ1n) is 6.56. The lowest BCUT2D eigenvalue weighted by atomic mass is 9.94. The maximum atomic E-state index is 11.7. The van der Waals surface area contributed by atoms with Crippen molar-refractivity contribution in [3.63, 3.8) is 0 Å². The Kier molecular flexibility index (Phi) is 10.9. The number of rotatable bonds is 8. The first-order chi connectivity index (χ1) is 7.51. The van der Waals surface area contributed by atoms with E-state index in [-0.39, 0.29) is 23.9 Å². The number of halogens is 1. The normalized spacial score (nSPS) is 11.2. The van der Waals surface area contributed by atoms with Crippen molar-refractivity contribution in [1.29, 1.82) is 0 Å². The van der Waals surface area contributed by atoms with Gasteiger partial charge >= 0.3 is 0 Å². The van der Waals surface area contributed by atoms with Gasteiger partial charge in [0.15, 0.2) is 0 Å². The second-order valence-electron chi connectivity index (χ2n) is 4.73. The second kappa shape index (κ2) is 9.72. The highest BCUT2D eigenvalue weighted by Crippen LogP contribution is 2.13.